The second-order valence-electron chi connectivity index (χ2n) is 6.41. The lowest BCUT2D eigenvalue weighted by atomic mass is 9.97. The number of benzene rings is 1. The zero-order valence-corrected chi connectivity index (χ0v) is 15.6. The lowest BCUT2D eigenvalue weighted by Gasteiger charge is -2.12. The fourth-order valence-electron chi connectivity index (χ4n) is 2.78. The highest BCUT2D eigenvalue weighted by molar-refractivity contribution is 5.80. The molecule has 0 spiro atoms. The van der Waals surface area contributed by atoms with Crippen LogP contribution in [-0.2, 0) is 16.0 Å². The first kappa shape index (κ1) is 20.9. The average Bonchev–Trinajstić information content (AvgIpc) is 2.64. The second-order valence-corrected chi connectivity index (χ2v) is 6.41. The smallest absolute Gasteiger partial charge is 0.339 e. The van der Waals surface area contributed by atoms with E-state index in [1.54, 1.807) is 19.1 Å². The molecule has 2 aromatic rings. The summed E-state index contributed by atoms with van der Waals surface area (Å²) in [7, 11) is 0. The summed E-state index contributed by atoms with van der Waals surface area (Å²) in [6.07, 6.45) is 3.02. The summed E-state index contributed by atoms with van der Waals surface area (Å²) < 4.78 is 5.45. The molecule has 9 nitrogen and oxygen atoms in total. The highest BCUT2D eigenvalue weighted by Crippen LogP contribution is 2.22. The first-order valence-electron chi connectivity index (χ1n) is 8.85. The van der Waals surface area contributed by atoms with Crippen LogP contribution in [0.2, 0.25) is 0 Å². The van der Waals surface area contributed by atoms with E-state index in [1.807, 2.05) is 12.1 Å². The van der Waals surface area contributed by atoms with Gasteiger partial charge in [0.2, 0.25) is 12.0 Å². The number of nitrogens with two attached hydrogens (primary N) is 1. The van der Waals surface area contributed by atoms with E-state index in [-0.39, 0.29) is 30.9 Å². The number of amides is 1. The maximum absolute atomic E-state index is 12.4. The summed E-state index contributed by atoms with van der Waals surface area (Å²) >= 11 is 0. The standard InChI is InChI=1S/C19H23N5O4/c1-12(7-17(26)23-10-24-19(20)21)15-9-14-5-4-13(3-2-6-22-11-25)8-16(14)28-18(15)27/h4-5,8-9,12H,2-3,6-7,10H2,1H3,(H,23,26)(H4,20,21,24). The Bertz CT molecular complexity index is 962. The number of hydrogen-bond acceptors (Lipinski definition) is 6. The van der Waals surface area contributed by atoms with Crippen LogP contribution >= 0.6 is 0 Å². The zero-order chi connectivity index (χ0) is 20.5. The Balaban J connectivity index is 2.07. The number of aliphatic imine (C=N–C) groups is 1. The third-order valence-corrected chi connectivity index (χ3v) is 4.21. The Morgan fingerprint density at radius 3 is 2.86 bits per heavy atom. The predicted molar refractivity (Wildman–Crippen MR) is 105 cm³/mol. The summed E-state index contributed by atoms with van der Waals surface area (Å²) in [5, 5.41) is 12.9. The normalized spacial score (nSPS) is 11.5. The van der Waals surface area contributed by atoms with Crippen molar-refractivity contribution in [3.8, 4) is 0 Å². The van der Waals surface area contributed by atoms with Crippen LogP contribution in [0.4, 0.5) is 0 Å². The van der Waals surface area contributed by atoms with Crippen molar-refractivity contribution >= 4 is 28.9 Å². The molecule has 0 fully saturated rings. The minimum absolute atomic E-state index is 0.0498. The number of carbonyl (C=O) groups is 1. The molecule has 1 unspecified atom stereocenters. The van der Waals surface area contributed by atoms with Crippen molar-refractivity contribution in [1.29, 1.82) is 5.41 Å². The van der Waals surface area contributed by atoms with Crippen LogP contribution in [-0.4, -0.2) is 31.2 Å². The number of hydrogen-bond donors (Lipinski definition) is 4. The Kier molecular flexibility index (Phi) is 7.47. The number of nitrogens with zero attached hydrogens (tertiary/aromatic N) is 1. The molecule has 0 aliphatic heterocycles. The Hall–Kier alpha value is -3.45. The van der Waals surface area contributed by atoms with Crippen molar-refractivity contribution in [1.82, 2.24) is 10.6 Å². The van der Waals surface area contributed by atoms with Gasteiger partial charge < -0.3 is 20.8 Å². The SMILES string of the molecule is CC(CC(=O)NCNC(=N)N)c1cc2ccc(CCCN=C=O)cc2oc1=O. The summed E-state index contributed by atoms with van der Waals surface area (Å²) in [6.45, 7) is 2.23. The maximum Gasteiger partial charge on any atom is 0.339 e. The van der Waals surface area contributed by atoms with E-state index in [4.69, 9.17) is 15.6 Å². The monoisotopic (exact) mass is 385 g/mol. The van der Waals surface area contributed by atoms with Crippen LogP contribution in [0.25, 0.3) is 11.0 Å². The third-order valence-electron chi connectivity index (χ3n) is 4.21. The molecule has 9 heteroatoms. The van der Waals surface area contributed by atoms with Gasteiger partial charge in [-0.2, -0.15) is 0 Å². The van der Waals surface area contributed by atoms with Gasteiger partial charge in [0.1, 0.15) is 5.58 Å². The fourth-order valence-corrected chi connectivity index (χ4v) is 2.78. The molecule has 0 aliphatic rings. The molecule has 5 N–H and O–H groups in total. The number of nitrogens with one attached hydrogen (secondary N) is 3. The number of guanidine groups is 1. The molecular formula is C19H23N5O4. The summed E-state index contributed by atoms with van der Waals surface area (Å²) in [5.41, 5.74) is 6.55. The quantitative estimate of drug-likeness (QED) is 0.127. The van der Waals surface area contributed by atoms with E-state index in [0.717, 1.165) is 10.9 Å². The van der Waals surface area contributed by atoms with Crippen LogP contribution in [0.3, 0.4) is 0 Å². The van der Waals surface area contributed by atoms with Gasteiger partial charge >= 0.3 is 5.63 Å². The van der Waals surface area contributed by atoms with E-state index in [0.29, 0.717) is 30.5 Å². The Labute approximate surface area is 161 Å². The molecule has 2 rings (SSSR count). The van der Waals surface area contributed by atoms with Gasteiger partial charge in [-0.1, -0.05) is 19.1 Å². The third kappa shape index (κ3) is 6.07. The number of aryl methyl sites for hydroxylation is 1. The van der Waals surface area contributed by atoms with E-state index in [1.165, 1.54) is 6.08 Å². The van der Waals surface area contributed by atoms with Crippen molar-refractivity contribution in [3.63, 3.8) is 0 Å². The minimum Gasteiger partial charge on any atom is -0.423 e. The highest BCUT2D eigenvalue weighted by atomic mass is 16.4. The van der Waals surface area contributed by atoms with Crippen LogP contribution < -0.4 is 22.0 Å². The van der Waals surface area contributed by atoms with Crippen LogP contribution in [0, 0.1) is 5.41 Å². The molecule has 148 valence electrons. The van der Waals surface area contributed by atoms with Crippen LogP contribution in [0.15, 0.2) is 38.5 Å². The first-order chi connectivity index (χ1) is 13.4. The number of isocyanates is 1. The van der Waals surface area contributed by atoms with Gasteiger partial charge in [-0.15, -0.1) is 0 Å². The van der Waals surface area contributed by atoms with Gasteiger partial charge in [0.25, 0.3) is 0 Å². The van der Waals surface area contributed by atoms with E-state index in [2.05, 4.69) is 15.6 Å². The van der Waals surface area contributed by atoms with Crippen molar-refractivity contribution in [3.05, 3.63) is 45.8 Å². The lowest BCUT2D eigenvalue weighted by Crippen LogP contribution is -2.40. The summed E-state index contributed by atoms with van der Waals surface area (Å²) in [6, 6.07) is 7.34. The second kappa shape index (κ2) is 10.0. The molecule has 1 heterocycles. The summed E-state index contributed by atoms with van der Waals surface area (Å²) in [5.74, 6) is -0.840. The van der Waals surface area contributed by atoms with Gasteiger partial charge in [-0.05, 0) is 36.5 Å². The molecular weight excluding hydrogens is 362 g/mol. The molecule has 0 aliphatic carbocycles. The Morgan fingerprint density at radius 2 is 2.14 bits per heavy atom. The summed E-state index contributed by atoms with van der Waals surface area (Å²) in [4.78, 5) is 37.9. The number of carbonyl (C=O) groups excluding carboxylic acids is 2. The van der Waals surface area contributed by atoms with Gasteiger partial charge in [0, 0.05) is 17.4 Å². The molecule has 28 heavy (non-hydrogen) atoms. The van der Waals surface area contributed by atoms with Crippen molar-refractivity contribution in [2.75, 3.05) is 13.2 Å². The van der Waals surface area contributed by atoms with Gasteiger partial charge in [0.15, 0.2) is 5.96 Å². The van der Waals surface area contributed by atoms with E-state index in [9.17, 15) is 14.4 Å². The highest BCUT2D eigenvalue weighted by Gasteiger charge is 2.16. The number of fused-ring (bicyclic) bond motifs is 1. The van der Waals surface area contributed by atoms with E-state index >= 15 is 0 Å². The maximum atomic E-state index is 12.4. The fraction of sp³-hybridized carbons (Fsp3) is 0.368. The van der Waals surface area contributed by atoms with Crippen molar-refractivity contribution < 1.29 is 14.0 Å². The average molecular weight is 385 g/mol. The predicted octanol–water partition coefficient (Wildman–Crippen LogP) is 1.11. The molecule has 0 bridgehead atoms. The molecule has 1 aromatic heterocycles. The largest absolute Gasteiger partial charge is 0.423 e. The van der Waals surface area contributed by atoms with Crippen LogP contribution in [0.1, 0.15) is 36.8 Å². The zero-order valence-electron chi connectivity index (χ0n) is 15.6. The van der Waals surface area contributed by atoms with Crippen LogP contribution in [0.5, 0.6) is 0 Å². The topological polar surface area (TPSA) is 151 Å². The van der Waals surface area contributed by atoms with Gasteiger partial charge in [-0.25, -0.2) is 14.6 Å². The molecule has 1 aromatic carbocycles. The Morgan fingerprint density at radius 1 is 1.36 bits per heavy atom. The number of rotatable bonds is 9. The molecule has 1 atom stereocenters. The van der Waals surface area contributed by atoms with Gasteiger partial charge in [-0.3, -0.25) is 10.2 Å². The lowest BCUT2D eigenvalue weighted by molar-refractivity contribution is -0.121. The van der Waals surface area contributed by atoms with Gasteiger partial charge in [0.05, 0.1) is 13.2 Å². The molecule has 0 radical (unpaired) electrons. The molecule has 0 saturated heterocycles. The minimum atomic E-state index is -0.475. The molecule has 1 amide bonds. The van der Waals surface area contributed by atoms with E-state index < -0.39 is 5.63 Å². The first-order valence-corrected chi connectivity index (χ1v) is 8.85. The van der Waals surface area contributed by atoms with Crippen molar-refractivity contribution in [2.24, 2.45) is 10.7 Å². The molecule has 0 saturated carbocycles. The van der Waals surface area contributed by atoms with Crippen molar-refractivity contribution in [2.45, 2.75) is 32.1 Å².